The predicted molar refractivity (Wildman–Crippen MR) is 75.0 cm³/mol. The Hall–Kier alpha value is -1.48. The topological polar surface area (TPSA) is 57.5 Å². The minimum Gasteiger partial charge on any atom is -0.454 e. The van der Waals surface area contributed by atoms with E-state index in [1.54, 1.807) is 6.07 Å². The van der Waals surface area contributed by atoms with Crippen LogP contribution in [-0.4, -0.2) is 37.9 Å². The lowest BCUT2D eigenvalue weighted by Crippen LogP contribution is -2.45. The first-order valence-corrected chi connectivity index (χ1v) is 7.08. The zero-order chi connectivity index (χ0) is 13.9. The van der Waals surface area contributed by atoms with Crippen LogP contribution in [0.15, 0.2) is 12.1 Å². The molecule has 1 saturated heterocycles. The average Bonchev–Trinajstić information content (AvgIpc) is 2.92. The summed E-state index contributed by atoms with van der Waals surface area (Å²) in [6.07, 6.45) is 0.416. The van der Waals surface area contributed by atoms with E-state index in [1.807, 2.05) is 6.07 Å². The highest BCUT2D eigenvalue weighted by Crippen LogP contribution is 2.41. The first kappa shape index (κ1) is 13.5. The summed E-state index contributed by atoms with van der Waals surface area (Å²) in [4.78, 5) is 2.29. The van der Waals surface area contributed by atoms with E-state index in [9.17, 15) is 0 Å². The monoisotopic (exact) mass is 293 g/mol. The fourth-order valence-corrected chi connectivity index (χ4v) is 2.98. The van der Waals surface area contributed by atoms with E-state index in [4.69, 9.17) is 26.3 Å². The van der Waals surface area contributed by atoms with Crippen LogP contribution in [0.5, 0.6) is 11.5 Å². The van der Waals surface area contributed by atoms with Gasteiger partial charge >= 0.3 is 0 Å². The van der Waals surface area contributed by atoms with E-state index in [1.165, 1.54) is 0 Å². The Labute approximate surface area is 123 Å². The van der Waals surface area contributed by atoms with E-state index in [-0.39, 0.29) is 12.8 Å². The number of ether oxygens (including phenoxy) is 2. The van der Waals surface area contributed by atoms with Gasteiger partial charge in [0.15, 0.2) is 11.5 Å². The normalized spacial score (nSPS) is 19.6. The van der Waals surface area contributed by atoms with Crippen molar-refractivity contribution in [2.45, 2.75) is 12.5 Å². The number of hydrogen-bond donors (Lipinski definition) is 1. The summed E-state index contributed by atoms with van der Waals surface area (Å²) in [5, 5.41) is 13.1. The van der Waals surface area contributed by atoms with Gasteiger partial charge in [-0.1, -0.05) is 11.6 Å². The number of nitrogens with one attached hydrogen (secondary N) is 1. The Morgan fingerprint density at radius 1 is 1.30 bits per heavy atom. The fourth-order valence-electron chi connectivity index (χ4n) is 2.70. The third-order valence-electron chi connectivity index (χ3n) is 3.73. The molecular formula is C14H16ClN3O2. The van der Waals surface area contributed by atoms with Crippen LogP contribution in [0.4, 0.5) is 0 Å². The van der Waals surface area contributed by atoms with E-state index in [0.717, 1.165) is 31.7 Å². The highest BCUT2D eigenvalue weighted by Gasteiger charge is 2.26. The largest absolute Gasteiger partial charge is 0.454 e. The van der Waals surface area contributed by atoms with Crippen LogP contribution in [0.25, 0.3) is 0 Å². The van der Waals surface area contributed by atoms with Crippen molar-refractivity contribution in [3.05, 3.63) is 22.7 Å². The number of rotatable bonds is 3. The Bertz CT molecular complexity index is 538. The molecule has 0 aromatic heterocycles. The second-order valence-corrected chi connectivity index (χ2v) is 5.30. The maximum Gasteiger partial charge on any atom is 0.231 e. The van der Waals surface area contributed by atoms with Crippen molar-refractivity contribution in [2.24, 2.45) is 0 Å². The second-order valence-electron chi connectivity index (χ2n) is 4.89. The molecular weight excluding hydrogens is 278 g/mol. The molecule has 3 rings (SSSR count). The lowest BCUT2D eigenvalue weighted by Gasteiger charge is -2.34. The lowest BCUT2D eigenvalue weighted by atomic mass is 10.0. The van der Waals surface area contributed by atoms with Crippen LogP contribution >= 0.6 is 11.6 Å². The molecule has 1 N–H and O–H groups in total. The van der Waals surface area contributed by atoms with Crippen LogP contribution in [0, 0.1) is 11.3 Å². The van der Waals surface area contributed by atoms with Crippen LogP contribution in [0.2, 0.25) is 5.02 Å². The highest BCUT2D eigenvalue weighted by molar-refractivity contribution is 6.31. The summed E-state index contributed by atoms with van der Waals surface area (Å²) in [6, 6.07) is 5.96. The van der Waals surface area contributed by atoms with E-state index >= 15 is 0 Å². The number of fused-ring (bicyclic) bond motifs is 1. The van der Waals surface area contributed by atoms with Gasteiger partial charge in [0.25, 0.3) is 0 Å². The minimum atomic E-state index is 0.00380. The Balaban J connectivity index is 1.92. The molecule has 0 aliphatic carbocycles. The second kappa shape index (κ2) is 5.88. The number of benzene rings is 1. The number of nitrogens with zero attached hydrogens (tertiary/aromatic N) is 2. The molecule has 0 amide bonds. The number of nitriles is 1. The van der Waals surface area contributed by atoms with Crippen molar-refractivity contribution < 1.29 is 9.47 Å². The van der Waals surface area contributed by atoms with Gasteiger partial charge in [-0.25, -0.2) is 0 Å². The quantitative estimate of drug-likeness (QED) is 0.923. The summed E-state index contributed by atoms with van der Waals surface area (Å²) in [7, 11) is 0. The fraction of sp³-hybridized carbons (Fsp3) is 0.500. The molecule has 1 fully saturated rings. The standard InChI is InChI=1S/C14H16ClN3O2/c15-11-8-14-13(19-9-20-14)7-10(11)12(1-2-16)18-5-3-17-4-6-18/h7-8,12,17H,1,3-6,9H2/t12-/m0/s1. The maximum atomic E-state index is 9.12. The van der Waals surface area contributed by atoms with Gasteiger partial charge in [0.05, 0.1) is 12.5 Å². The summed E-state index contributed by atoms with van der Waals surface area (Å²) >= 11 is 6.37. The van der Waals surface area contributed by atoms with E-state index in [0.29, 0.717) is 22.9 Å². The Morgan fingerprint density at radius 2 is 2.00 bits per heavy atom. The van der Waals surface area contributed by atoms with Crippen molar-refractivity contribution in [3.63, 3.8) is 0 Å². The predicted octanol–water partition coefficient (Wildman–Crippen LogP) is 1.93. The average molecular weight is 294 g/mol. The zero-order valence-electron chi connectivity index (χ0n) is 11.1. The van der Waals surface area contributed by atoms with Crippen LogP contribution in [0.3, 0.4) is 0 Å². The third kappa shape index (κ3) is 2.55. The summed E-state index contributed by atoms with van der Waals surface area (Å²) < 4.78 is 10.7. The lowest BCUT2D eigenvalue weighted by molar-refractivity contribution is 0.171. The van der Waals surface area contributed by atoms with Crippen LogP contribution < -0.4 is 14.8 Å². The molecule has 6 heteroatoms. The third-order valence-corrected chi connectivity index (χ3v) is 4.06. The van der Waals surface area contributed by atoms with Crippen molar-refractivity contribution in [1.29, 1.82) is 5.26 Å². The Kier molecular flexibility index (Phi) is 3.97. The number of hydrogen-bond acceptors (Lipinski definition) is 5. The van der Waals surface area contributed by atoms with Gasteiger partial charge < -0.3 is 14.8 Å². The van der Waals surface area contributed by atoms with Gasteiger partial charge in [-0.2, -0.15) is 5.26 Å². The van der Waals surface area contributed by atoms with Crippen molar-refractivity contribution in [3.8, 4) is 17.6 Å². The van der Waals surface area contributed by atoms with Crippen LogP contribution in [-0.2, 0) is 0 Å². The van der Waals surface area contributed by atoms with Crippen LogP contribution in [0.1, 0.15) is 18.0 Å². The molecule has 0 bridgehead atoms. The summed E-state index contributed by atoms with van der Waals surface area (Å²) in [5.74, 6) is 1.39. The zero-order valence-corrected chi connectivity index (χ0v) is 11.8. The molecule has 1 aromatic carbocycles. The molecule has 1 atom stereocenters. The molecule has 0 saturated carbocycles. The summed E-state index contributed by atoms with van der Waals surface area (Å²) in [5.41, 5.74) is 0.944. The number of halogens is 1. The van der Waals surface area contributed by atoms with Gasteiger partial charge in [0.2, 0.25) is 6.79 Å². The van der Waals surface area contributed by atoms with Crippen molar-refractivity contribution in [1.82, 2.24) is 10.2 Å². The first-order valence-electron chi connectivity index (χ1n) is 6.70. The highest BCUT2D eigenvalue weighted by atomic mass is 35.5. The maximum absolute atomic E-state index is 9.12. The minimum absolute atomic E-state index is 0.00380. The van der Waals surface area contributed by atoms with Gasteiger partial charge in [0.1, 0.15) is 0 Å². The van der Waals surface area contributed by atoms with Crippen molar-refractivity contribution >= 4 is 11.6 Å². The molecule has 20 heavy (non-hydrogen) atoms. The van der Waals surface area contributed by atoms with Crippen molar-refractivity contribution in [2.75, 3.05) is 33.0 Å². The first-order chi connectivity index (χ1) is 9.79. The van der Waals surface area contributed by atoms with Gasteiger partial charge in [-0.3, -0.25) is 4.90 Å². The molecule has 5 nitrogen and oxygen atoms in total. The molecule has 0 radical (unpaired) electrons. The molecule has 2 aliphatic heterocycles. The van der Waals surface area contributed by atoms with E-state index in [2.05, 4.69) is 16.3 Å². The molecule has 0 unspecified atom stereocenters. The van der Waals surface area contributed by atoms with Gasteiger partial charge in [-0.15, -0.1) is 0 Å². The van der Waals surface area contributed by atoms with Gasteiger partial charge in [0, 0.05) is 43.3 Å². The molecule has 0 spiro atoms. The molecule has 2 heterocycles. The molecule has 1 aromatic rings. The van der Waals surface area contributed by atoms with Gasteiger partial charge in [-0.05, 0) is 11.6 Å². The number of piperazine rings is 1. The summed E-state index contributed by atoms with van der Waals surface area (Å²) in [6.45, 7) is 3.92. The Morgan fingerprint density at radius 3 is 2.70 bits per heavy atom. The molecule has 106 valence electrons. The smallest absolute Gasteiger partial charge is 0.231 e. The van der Waals surface area contributed by atoms with E-state index < -0.39 is 0 Å². The SMILES string of the molecule is N#CC[C@@H](c1cc2c(cc1Cl)OCO2)N1CCNCC1. The molecule has 2 aliphatic rings.